The van der Waals surface area contributed by atoms with Crippen molar-refractivity contribution < 1.29 is 4.74 Å². The summed E-state index contributed by atoms with van der Waals surface area (Å²) >= 11 is 0. The fraction of sp³-hybridized carbons (Fsp3) is 0.444. The fourth-order valence-corrected chi connectivity index (χ4v) is 3.18. The molecule has 1 aliphatic heterocycles. The second kappa shape index (κ2) is 5.66. The van der Waals surface area contributed by atoms with E-state index in [1.165, 1.54) is 16.3 Å². The molecule has 0 aromatic heterocycles. The molecule has 2 aromatic rings. The number of hydrogen-bond donors (Lipinski definition) is 1. The average Bonchev–Trinajstić information content (AvgIpc) is 2.49. The average molecular weight is 284 g/mol. The molecule has 1 fully saturated rings. The molecule has 3 heteroatoms. The maximum absolute atomic E-state index is 5.62. The highest BCUT2D eigenvalue weighted by molar-refractivity contribution is 5.87. The second-order valence-corrected chi connectivity index (χ2v) is 6.38. The predicted octanol–water partition coefficient (Wildman–Crippen LogP) is 3.03. The zero-order valence-electron chi connectivity index (χ0n) is 13.1. The van der Waals surface area contributed by atoms with Gasteiger partial charge in [-0.1, -0.05) is 30.3 Å². The van der Waals surface area contributed by atoms with Crippen molar-refractivity contribution in [2.24, 2.45) is 0 Å². The predicted molar refractivity (Wildman–Crippen MR) is 87.9 cm³/mol. The molecule has 0 radical (unpaired) electrons. The summed E-state index contributed by atoms with van der Waals surface area (Å²) < 4.78 is 5.62. The van der Waals surface area contributed by atoms with Crippen molar-refractivity contribution in [1.29, 1.82) is 0 Å². The van der Waals surface area contributed by atoms with Crippen molar-refractivity contribution in [2.45, 2.75) is 25.9 Å². The molecule has 0 bridgehead atoms. The van der Waals surface area contributed by atoms with E-state index in [-0.39, 0.29) is 5.54 Å². The number of piperazine rings is 1. The number of rotatable bonds is 3. The first-order chi connectivity index (χ1) is 10.1. The van der Waals surface area contributed by atoms with Crippen LogP contribution >= 0.6 is 0 Å². The molecule has 3 nitrogen and oxygen atoms in total. The van der Waals surface area contributed by atoms with Gasteiger partial charge < -0.3 is 10.1 Å². The number of methoxy groups -OCH3 is 1. The first-order valence-electron chi connectivity index (χ1n) is 7.62. The molecule has 0 unspecified atom stereocenters. The third kappa shape index (κ3) is 2.76. The van der Waals surface area contributed by atoms with Crippen molar-refractivity contribution in [3.63, 3.8) is 0 Å². The van der Waals surface area contributed by atoms with E-state index >= 15 is 0 Å². The van der Waals surface area contributed by atoms with Crippen molar-refractivity contribution in [3.05, 3.63) is 42.0 Å². The van der Waals surface area contributed by atoms with Crippen LogP contribution < -0.4 is 10.1 Å². The van der Waals surface area contributed by atoms with E-state index in [0.717, 1.165) is 31.9 Å². The molecule has 0 amide bonds. The Balaban J connectivity index is 2.02. The number of nitrogens with zero attached hydrogens (tertiary/aromatic N) is 1. The SMILES string of the molecule is COc1ccc2ccccc2c1CN1CCNCC1(C)C. The molecule has 112 valence electrons. The van der Waals surface area contributed by atoms with Crippen molar-refractivity contribution in [2.75, 3.05) is 26.7 Å². The summed E-state index contributed by atoms with van der Waals surface area (Å²) in [6.07, 6.45) is 0. The largest absolute Gasteiger partial charge is 0.496 e. The summed E-state index contributed by atoms with van der Waals surface area (Å²) in [4.78, 5) is 2.55. The van der Waals surface area contributed by atoms with Crippen molar-refractivity contribution in [1.82, 2.24) is 10.2 Å². The molecule has 0 saturated carbocycles. The zero-order chi connectivity index (χ0) is 14.9. The Morgan fingerprint density at radius 2 is 2.00 bits per heavy atom. The smallest absolute Gasteiger partial charge is 0.123 e. The highest BCUT2D eigenvalue weighted by atomic mass is 16.5. The van der Waals surface area contributed by atoms with E-state index in [2.05, 4.69) is 60.5 Å². The van der Waals surface area contributed by atoms with Crippen LogP contribution in [0.15, 0.2) is 36.4 Å². The first kappa shape index (κ1) is 14.4. The van der Waals surface area contributed by atoms with Crippen LogP contribution in [0.4, 0.5) is 0 Å². The van der Waals surface area contributed by atoms with Gasteiger partial charge in [0.2, 0.25) is 0 Å². The third-order valence-corrected chi connectivity index (χ3v) is 4.54. The van der Waals surface area contributed by atoms with E-state index in [9.17, 15) is 0 Å². The molecule has 21 heavy (non-hydrogen) atoms. The van der Waals surface area contributed by atoms with Gasteiger partial charge in [0.1, 0.15) is 5.75 Å². The number of hydrogen-bond acceptors (Lipinski definition) is 3. The molecule has 1 heterocycles. The Morgan fingerprint density at radius 1 is 1.19 bits per heavy atom. The molecule has 0 atom stereocenters. The summed E-state index contributed by atoms with van der Waals surface area (Å²) in [5.41, 5.74) is 1.46. The molecule has 1 aliphatic rings. The topological polar surface area (TPSA) is 24.5 Å². The lowest BCUT2D eigenvalue weighted by Gasteiger charge is -2.43. The van der Waals surface area contributed by atoms with Gasteiger partial charge in [0.15, 0.2) is 0 Å². The lowest BCUT2D eigenvalue weighted by Crippen LogP contribution is -2.57. The van der Waals surface area contributed by atoms with Crippen LogP contribution in [0, 0.1) is 0 Å². The Kier molecular flexibility index (Phi) is 3.87. The van der Waals surface area contributed by atoms with Gasteiger partial charge in [-0.3, -0.25) is 4.90 Å². The second-order valence-electron chi connectivity index (χ2n) is 6.38. The molecule has 0 spiro atoms. The van der Waals surface area contributed by atoms with Gasteiger partial charge in [-0.05, 0) is 30.7 Å². The summed E-state index contributed by atoms with van der Waals surface area (Å²) in [5, 5.41) is 6.06. The molecular weight excluding hydrogens is 260 g/mol. The van der Waals surface area contributed by atoms with Gasteiger partial charge in [0.25, 0.3) is 0 Å². The van der Waals surface area contributed by atoms with E-state index in [1.54, 1.807) is 7.11 Å². The van der Waals surface area contributed by atoms with Crippen molar-refractivity contribution in [3.8, 4) is 5.75 Å². The van der Waals surface area contributed by atoms with E-state index < -0.39 is 0 Å². The van der Waals surface area contributed by atoms with Gasteiger partial charge in [-0.15, -0.1) is 0 Å². The Bertz CT molecular complexity index is 636. The normalized spacial score (nSPS) is 18.8. The molecule has 1 saturated heterocycles. The third-order valence-electron chi connectivity index (χ3n) is 4.54. The van der Waals surface area contributed by atoms with Crippen molar-refractivity contribution >= 4 is 10.8 Å². The van der Waals surface area contributed by atoms with Crippen LogP contribution in [-0.4, -0.2) is 37.2 Å². The highest BCUT2D eigenvalue weighted by Crippen LogP contribution is 2.31. The monoisotopic (exact) mass is 284 g/mol. The van der Waals surface area contributed by atoms with E-state index in [4.69, 9.17) is 4.74 Å². The summed E-state index contributed by atoms with van der Waals surface area (Å²) in [5.74, 6) is 0.989. The maximum atomic E-state index is 5.62. The molecule has 2 aromatic carbocycles. The highest BCUT2D eigenvalue weighted by Gasteiger charge is 2.30. The number of benzene rings is 2. The van der Waals surface area contributed by atoms with Crippen LogP contribution in [0.25, 0.3) is 10.8 Å². The van der Waals surface area contributed by atoms with Crippen LogP contribution in [-0.2, 0) is 6.54 Å². The quantitative estimate of drug-likeness (QED) is 0.937. The Hall–Kier alpha value is -1.58. The van der Waals surface area contributed by atoms with Crippen LogP contribution in [0.2, 0.25) is 0 Å². The number of ether oxygens (including phenoxy) is 1. The van der Waals surface area contributed by atoms with Crippen LogP contribution in [0.5, 0.6) is 5.75 Å². The minimum Gasteiger partial charge on any atom is -0.496 e. The summed E-state index contributed by atoms with van der Waals surface area (Å²) in [7, 11) is 1.76. The minimum atomic E-state index is 0.167. The molecular formula is C18H24N2O. The van der Waals surface area contributed by atoms with E-state index in [1.807, 2.05) is 0 Å². The van der Waals surface area contributed by atoms with Gasteiger partial charge in [0.05, 0.1) is 7.11 Å². The maximum Gasteiger partial charge on any atom is 0.123 e. The standard InChI is InChI=1S/C18H24N2O/c1-18(2)13-19-10-11-20(18)12-16-15-7-5-4-6-14(15)8-9-17(16)21-3/h4-9,19H,10-13H2,1-3H3. The molecule has 3 rings (SSSR count). The van der Waals surface area contributed by atoms with E-state index in [0.29, 0.717) is 0 Å². The Labute approximate surface area is 126 Å². The van der Waals surface area contributed by atoms with Crippen LogP contribution in [0.1, 0.15) is 19.4 Å². The number of nitrogens with one attached hydrogen (secondary N) is 1. The first-order valence-corrected chi connectivity index (χ1v) is 7.62. The lowest BCUT2D eigenvalue weighted by atomic mass is 9.97. The van der Waals surface area contributed by atoms with Gasteiger partial charge in [0, 0.05) is 37.3 Å². The van der Waals surface area contributed by atoms with Gasteiger partial charge >= 0.3 is 0 Å². The minimum absolute atomic E-state index is 0.167. The fourth-order valence-electron chi connectivity index (χ4n) is 3.18. The Morgan fingerprint density at radius 3 is 2.76 bits per heavy atom. The summed E-state index contributed by atoms with van der Waals surface area (Å²) in [6, 6.07) is 12.8. The zero-order valence-corrected chi connectivity index (χ0v) is 13.1. The number of fused-ring (bicyclic) bond motifs is 1. The van der Waals surface area contributed by atoms with Gasteiger partial charge in [-0.25, -0.2) is 0 Å². The summed E-state index contributed by atoms with van der Waals surface area (Å²) in [6.45, 7) is 8.68. The van der Waals surface area contributed by atoms with Crippen LogP contribution in [0.3, 0.4) is 0 Å². The van der Waals surface area contributed by atoms with Gasteiger partial charge in [-0.2, -0.15) is 0 Å². The lowest BCUT2D eigenvalue weighted by molar-refractivity contribution is 0.0824. The molecule has 1 N–H and O–H groups in total. The molecule has 0 aliphatic carbocycles.